The third kappa shape index (κ3) is 26.3. The number of carbonyl (C=O) groups excluding carboxylic acids is 3. The molecule has 116 heavy (non-hydrogen) atoms. The number of pyridine rings is 2. The van der Waals surface area contributed by atoms with Crippen LogP contribution in [0.4, 0.5) is 0 Å². The molecule has 3 aromatic heterocycles. The molecule has 0 saturated carbocycles. The predicted molar refractivity (Wildman–Crippen MR) is 494 cm³/mol. The van der Waals surface area contributed by atoms with Crippen LogP contribution < -0.4 is 5.56 Å². The monoisotopic (exact) mass is 1570 g/mol. The predicted octanol–water partition coefficient (Wildman–Crippen LogP) is 28.4. The van der Waals surface area contributed by atoms with Gasteiger partial charge in [-0.25, -0.2) is 0 Å². The van der Waals surface area contributed by atoms with Crippen molar-refractivity contribution in [1.82, 2.24) is 9.55 Å². The molecule has 0 fully saturated rings. The quantitative estimate of drug-likeness (QED) is 0.154. The number of aromatic nitrogens is 2. The van der Waals surface area contributed by atoms with Gasteiger partial charge in [-0.3, -0.25) is 24.2 Å². The molecule has 0 amide bonds. The van der Waals surface area contributed by atoms with Crippen molar-refractivity contribution < 1.29 is 14.4 Å². The fourth-order valence-corrected chi connectivity index (χ4v) is 19.9. The summed E-state index contributed by atoms with van der Waals surface area (Å²) in [5.41, 5.74) is 32.2. The van der Waals surface area contributed by atoms with Crippen molar-refractivity contribution in [2.45, 2.75) is 311 Å². The van der Waals surface area contributed by atoms with Crippen molar-refractivity contribution in [2.24, 2.45) is 0 Å². The lowest BCUT2D eigenvalue weighted by atomic mass is 9.92. The second-order valence-electron chi connectivity index (χ2n) is 33.0. The number of rotatable bonds is 0. The molecule has 4 heterocycles. The zero-order valence-corrected chi connectivity index (χ0v) is 68.7. The van der Waals surface area contributed by atoms with Crippen LogP contribution in [0.3, 0.4) is 0 Å². The lowest BCUT2D eigenvalue weighted by Crippen LogP contribution is -2.16. The van der Waals surface area contributed by atoms with E-state index in [0.29, 0.717) is 30.2 Å². The maximum absolute atomic E-state index is 11.2. The second kappa shape index (κ2) is 48.1. The van der Waals surface area contributed by atoms with Crippen molar-refractivity contribution in [1.29, 1.82) is 0 Å². The fourth-order valence-electron chi connectivity index (χ4n) is 19.0. The Labute approximate surface area is 703 Å². The lowest BCUT2D eigenvalue weighted by Gasteiger charge is -2.13. The van der Waals surface area contributed by atoms with Gasteiger partial charge in [-0.15, -0.1) is 11.3 Å². The van der Waals surface area contributed by atoms with Crippen LogP contribution in [0.1, 0.15) is 297 Å². The Morgan fingerprint density at radius 3 is 1.36 bits per heavy atom. The molecule has 6 nitrogen and oxygen atoms in total. The van der Waals surface area contributed by atoms with Crippen LogP contribution in [0.25, 0.3) is 0 Å². The summed E-state index contributed by atoms with van der Waals surface area (Å²) in [5, 5.41) is 2.22. The largest absolute Gasteiger partial charge is 0.313 e. The molecule has 612 valence electrons. The summed E-state index contributed by atoms with van der Waals surface area (Å²) in [7, 11) is 0. The van der Waals surface area contributed by atoms with Crippen LogP contribution >= 0.6 is 11.3 Å². The Balaban J connectivity index is 0.000000133. The summed E-state index contributed by atoms with van der Waals surface area (Å²) in [6.45, 7) is 0.912. The van der Waals surface area contributed by atoms with Gasteiger partial charge in [0.15, 0.2) is 17.3 Å². The maximum Gasteiger partial charge on any atom is 0.250 e. The fraction of sp³-hybridized carbons (Fsp3) is 0.440. The summed E-state index contributed by atoms with van der Waals surface area (Å²) < 4.78 is 1.85. The molecule has 0 radical (unpaired) electrons. The van der Waals surface area contributed by atoms with Crippen molar-refractivity contribution >= 4 is 28.7 Å². The standard InChI is InChI=1S/C10H12.2C9H10O.C9H8O.3C9H12.2C9H10.C8H9NO.C8H9N.C8H10S.3CH4/c1-2-6-10-8-4-3-7-9(10)5-1;3*10-9-6-2-4-7-3-1-5-8(7)9;5*1-2-5-9-7-3-6-8(9)4-1;10-8-5-1-3-7-4-2-6-9(7)8;1-3-7-4-2-6-9-8(7)5-1;1-2-4-8-7(3-1)5-6-9-8;;;/h1-2,5-6H,3-4,7-8H2;2,4H,1,3,5-6H2;1,3H,2,4-6H2;1-4H,5-6H2;2*3,6H,1-2,4-5,7H2;1,4H,2-3,5-7H2;1,3-4,6H,2,5,7H2;1-2,4-5H,3,6-7H2;1,3,5H,2,4,6H2;2,4,6H,1,3,5H2;5-6H,1-4H2;3*1H4. The summed E-state index contributed by atoms with van der Waals surface area (Å²) >= 11 is 1.93. The Bertz CT molecular complexity index is 4560. The van der Waals surface area contributed by atoms with E-state index in [1.807, 2.05) is 70.7 Å². The minimum absolute atomic E-state index is 0. The van der Waals surface area contributed by atoms with E-state index in [2.05, 4.69) is 150 Å². The molecular weight excluding hydrogens is 1430 g/mol. The minimum Gasteiger partial charge on any atom is -0.313 e. The Morgan fingerprint density at radius 1 is 0.284 bits per heavy atom. The van der Waals surface area contributed by atoms with E-state index in [-0.39, 0.29) is 27.8 Å². The SMILES string of the molecule is C.C.C.C1=CC2=C(C1)CCCC2.C1=CC2=C(C1)CCCC2.C1=CC2=C(CC1)CCC2.C1=CC2=C(CC=C2)CC1.O=C1CC=CC2=C1CC=C2.O=C1CC=CC2=C1CCC2.O=C1CCCC2=C1CC=C2.O=c1cccc2n1CCC2.c1cc2c(s1)CCCC2.c1ccc2c(c1)CCC2.c1ccc2c(c1)CCCC2.c1cnc2c(c1)CCC2. The number of benzene rings is 2. The number of fused-ring (bicyclic) bond motifs is 5. The van der Waals surface area contributed by atoms with Crippen molar-refractivity contribution in [3.05, 3.63) is 344 Å². The molecule has 5 aromatic rings. The van der Waals surface area contributed by atoms with Gasteiger partial charge < -0.3 is 4.57 Å². The molecule has 19 aliphatic rings. The van der Waals surface area contributed by atoms with Crippen LogP contribution in [0.15, 0.2) is 289 Å². The minimum atomic E-state index is 0. The van der Waals surface area contributed by atoms with Crippen LogP contribution in [-0.4, -0.2) is 26.9 Å². The van der Waals surface area contributed by atoms with E-state index in [1.165, 1.54) is 246 Å². The first-order valence-corrected chi connectivity index (χ1v) is 45.0. The summed E-state index contributed by atoms with van der Waals surface area (Å²) in [6, 6.07) is 29.5. The molecule has 24 rings (SSSR count). The normalized spacial score (nSPS) is 20.1. The molecule has 0 saturated heterocycles. The van der Waals surface area contributed by atoms with E-state index in [1.54, 1.807) is 77.8 Å². The second-order valence-corrected chi connectivity index (χ2v) is 34.0. The van der Waals surface area contributed by atoms with E-state index in [4.69, 9.17) is 0 Å². The highest BCUT2D eigenvalue weighted by Gasteiger charge is 2.24. The Morgan fingerprint density at radius 2 is 0.733 bits per heavy atom. The highest BCUT2D eigenvalue weighted by Crippen LogP contribution is 2.37. The number of thiophene rings is 1. The number of Topliss-reactive ketones (excluding diaryl/α,β-unsaturated/α-hetero) is 3. The smallest absolute Gasteiger partial charge is 0.250 e. The van der Waals surface area contributed by atoms with Gasteiger partial charge in [0.2, 0.25) is 0 Å². The first-order chi connectivity index (χ1) is 55.7. The van der Waals surface area contributed by atoms with Crippen molar-refractivity contribution in [2.75, 3.05) is 0 Å². The van der Waals surface area contributed by atoms with Gasteiger partial charge in [0, 0.05) is 65.5 Å². The van der Waals surface area contributed by atoms with Crippen molar-refractivity contribution in [3.8, 4) is 0 Å². The number of nitrogens with zero attached hydrogens (tertiary/aromatic N) is 2. The van der Waals surface area contributed by atoms with E-state index in [0.717, 1.165) is 86.6 Å². The van der Waals surface area contributed by atoms with Gasteiger partial charge in [0.1, 0.15) is 0 Å². The van der Waals surface area contributed by atoms with E-state index < -0.39 is 0 Å². The van der Waals surface area contributed by atoms with Gasteiger partial charge in [0.25, 0.3) is 5.56 Å². The molecule has 0 bridgehead atoms. The van der Waals surface area contributed by atoms with Gasteiger partial charge >= 0.3 is 0 Å². The summed E-state index contributed by atoms with van der Waals surface area (Å²) in [4.78, 5) is 50.4. The van der Waals surface area contributed by atoms with E-state index in [9.17, 15) is 19.2 Å². The molecular formula is C109H136N2O4S. The zero-order chi connectivity index (χ0) is 77.4. The maximum atomic E-state index is 11.2. The Hall–Kier alpha value is -8.91. The zero-order valence-electron chi connectivity index (χ0n) is 67.9. The number of allylic oxidation sites excluding steroid dienone is 32. The first-order valence-electron chi connectivity index (χ1n) is 44.1. The molecule has 2 aromatic carbocycles. The third-order valence-electron chi connectivity index (χ3n) is 25.3. The molecule has 18 aliphatic carbocycles. The molecule has 7 heteroatoms. The third-order valence-corrected chi connectivity index (χ3v) is 26.3. The topological polar surface area (TPSA) is 86.1 Å². The summed E-state index contributed by atoms with van der Waals surface area (Å²) in [6.07, 6.45) is 95.3. The average molecular weight is 1570 g/mol. The molecule has 0 atom stereocenters. The number of hydrogen-bond donors (Lipinski definition) is 0. The van der Waals surface area contributed by atoms with Crippen LogP contribution in [-0.2, 0) is 78.7 Å². The number of ketones is 3. The van der Waals surface area contributed by atoms with Gasteiger partial charge in [-0.2, -0.15) is 0 Å². The van der Waals surface area contributed by atoms with Crippen LogP contribution in [0.5, 0.6) is 0 Å². The highest BCUT2D eigenvalue weighted by molar-refractivity contribution is 7.10. The lowest BCUT2D eigenvalue weighted by molar-refractivity contribution is -0.116. The molecule has 0 spiro atoms. The van der Waals surface area contributed by atoms with Gasteiger partial charge in [-0.1, -0.05) is 215 Å². The number of aryl methyl sites for hydroxylation is 9. The highest BCUT2D eigenvalue weighted by atomic mass is 32.1. The number of carbonyl (C=O) groups is 3. The van der Waals surface area contributed by atoms with Crippen LogP contribution in [0, 0.1) is 0 Å². The van der Waals surface area contributed by atoms with Crippen LogP contribution in [0.2, 0.25) is 0 Å². The first kappa shape index (κ1) is 89.4. The molecule has 0 N–H and O–H groups in total. The molecule has 0 unspecified atom stereocenters. The molecule has 1 aliphatic heterocycles. The van der Waals surface area contributed by atoms with E-state index >= 15 is 0 Å². The van der Waals surface area contributed by atoms with Gasteiger partial charge in [-0.05, 0) is 365 Å². The average Bonchev–Trinajstić information content (AvgIpc) is 1.62. The number of hydrogen-bond acceptors (Lipinski definition) is 6. The van der Waals surface area contributed by atoms with Crippen molar-refractivity contribution in [3.63, 3.8) is 0 Å². The Kier molecular flexibility index (Phi) is 37.1. The van der Waals surface area contributed by atoms with Gasteiger partial charge in [0.05, 0.1) is 0 Å². The summed E-state index contributed by atoms with van der Waals surface area (Å²) in [5.74, 6) is 1.03.